The fourth-order valence-corrected chi connectivity index (χ4v) is 4.62. The van der Waals surface area contributed by atoms with Gasteiger partial charge in [0.05, 0.1) is 5.69 Å². The molecule has 0 atom stereocenters. The van der Waals surface area contributed by atoms with Crippen LogP contribution in [0.5, 0.6) is 0 Å². The van der Waals surface area contributed by atoms with E-state index in [1.54, 1.807) is 31.2 Å². The number of furan rings is 1. The van der Waals surface area contributed by atoms with Crippen molar-refractivity contribution in [1.29, 1.82) is 0 Å². The topological polar surface area (TPSA) is 119 Å². The zero-order valence-corrected chi connectivity index (χ0v) is 16.6. The highest BCUT2D eigenvalue weighted by atomic mass is 32.2. The number of hydrogen-bond acceptors (Lipinski definition) is 7. The summed E-state index contributed by atoms with van der Waals surface area (Å²) in [6.07, 6.45) is 2.65. The Balaban J connectivity index is 1.55. The van der Waals surface area contributed by atoms with Crippen molar-refractivity contribution in [1.82, 2.24) is 14.4 Å². The Morgan fingerprint density at radius 1 is 1.10 bits per heavy atom. The molecule has 0 spiro atoms. The normalized spacial score (nSPS) is 15.3. The molecule has 1 fully saturated rings. The number of para-hydroxylation sites is 1. The predicted molar refractivity (Wildman–Crippen MR) is 104 cm³/mol. The average Bonchev–Trinajstić information content (AvgIpc) is 3.39. The molecule has 0 unspecified atom stereocenters. The molecule has 0 radical (unpaired) electrons. The maximum absolute atomic E-state index is 12.7. The van der Waals surface area contributed by atoms with Gasteiger partial charge in [0.25, 0.3) is 15.9 Å². The first-order chi connectivity index (χ1) is 13.9. The van der Waals surface area contributed by atoms with E-state index in [1.165, 1.54) is 16.4 Å². The van der Waals surface area contributed by atoms with E-state index in [0.29, 0.717) is 36.1 Å². The molecule has 3 heterocycles. The summed E-state index contributed by atoms with van der Waals surface area (Å²) in [6.45, 7) is 2.59. The molecule has 1 N–H and O–H groups in total. The van der Waals surface area contributed by atoms with Gasteiger partial charge in [-0.05, 0) is 37.1 Å². The average molecular weight is 416 g/mol. The number of amides is 1. The lowest BCUT2D eigenvalue weighted by Gasteiger charge is -2.24. The molecule has 3 aromatic rings. The number of piperidine rings is 1. The molecule has 1 amide bonds. The molecule has 2 aromatic heterocycles. The van der Waals surface area contributed by atoms with Gasteiger partial charge in [-0.25, -0.2) is 8.42 Å². The van der Waals surface area contributed by atoms with Crippen LogP contribution in [0.15, 0.2) is 50.4 Å². The Kier molecular flexibility index (Phi) is 5.20. The van der Waals surface area contributed by atoms with Crippen molar-refractivity contribution in [2.24, 2.45) is 0 Å². The molecule has 29 heavy (non-hydrogen) atoms. The highest BCUT2D eigenvalue weighted by Crippen LogP contribution is 2.27. The van der Waals surface area contributed by atoms with Gasteiger partial charge in [0, 0.05) is 25.6 Å². The van der Waals surface area contributed by atoms with Gasteiger partial charge < -0.3 is 14.3 Å². The summed E-state index contributed by atoms with van der Waals surface area (Å²) in [5, 5.41) is 6.36. The molecule has 10 heteroatoms. The highest BCUT2D eigenvalue weighted by Gasteiger charge is 2.29. The number of rotatable bonds is 5. The summed E-state index contributed by atoms with van der Waals surface area (Å²) in [5.41, 5.74) is 1.03. The Hall–Kier alpha value is -2.98. The zero-order valence-electron chi connectivity index (χ0n) is 15.8. The number of nitrogens with one attached hydrogen (secondary N) is 1. The maximum atomic E-state index is 12.7. The summed E-state index contributed by atoms with van der Waals surface area (Å²) in [6, 6.07) is 9.63. The van der Waals surface area contributed by atoms with E-state index in [4.69, 9.17) is 8.94 Å². The van der Waals surface area contributed by atoms with E-state index in [2.05, 4.69) is 15.5 Å². The smallest absolute Gasteiger partial charge is 0.291 e. The number of carbonyl (C=O) groups is 1. The molecular formula is C19H20N4O5S. The largest absolute Gasteiger partial charge is 0.438 e. The van der Waals surface area contributed by atoms with Crippen LogP contribution in [0.1, 0.15) is 35.7 Å². The van der Waals surface area contributed by atoms with Gasteiger partial charge in [-0.15, -0.1) is 0 Å². The van der Waals surface area contributed by atoms with Crippen LogP contribution in [0, 0.1) is 6.92 Å². The minimum absolute atomic E-state index is 0.0975. The first kappa shape index (κ1) is 19.3. The van der Waals surface area contributed by atoms with Crippen molar-refractivity contribution in [3.63, 3.8) is 0 Å². The SMILES string of the molecule is Cc1nc(-c2ccccc2NC(=O)c2ccc(S(=O)(=O)N3CCCCC3)o2)no1. The minimum Gasteiger partial charge on any atom is -0.438 e. The zero-order chi connectivity index (χ0) is 20.4. The fourth-order valence-electron chi connectivity index (χ4n) is 3.19. The van der Waals surface area contributed by atoms with Gasteiger partial charge >= 0.3 is 0 Å². The Bertz CT molecular complexity index is 1130. The number of anilines is 1. The van der Waals surface area contributed by atoms with Gasteiger partial charge in [0.15, 0.2) is 5.76 Å². The molecule has 9 nitrogen and oxygen atoms in total. The third-order valence-corrected chi connectivity index (χ3v) is 6.43. The molecular weight excluding hydrogens is 396 g/mol. The van der Waals surface area contributed by atoms with Crippen molar-refractivity contribution in [2.45, 2.75) is 31.3 Å². The summed E-state index contributed by atoms with van der Waals surface area (Å²) in [7, 11) is -3.74. The Morgan fingerprint density at radius 3 is 2.59 bits per heavy atom. The molecule has 4 rings (SSSR count). The Morgan fingerprint density at radius 2 is 1.86 bits per heavy atom. The van der Waals surface area contributed by atoms with E-state index in [9.17, 15) is 13.2 Å². The highest BCUT2D eigenvalue weighted by molar-refractivity contribution is 7.89. The van der Waals surface area contributed by atoms with Crippen molar-refractivity contribution < 1.29 is 22.2 Å². The Labute approximate surface area is 167 Å². The third kappa shape index (κ3) is 3.94. The van der Waals surface area contributed by atoms with E-state index in [-0.39, 0.29) is 10.9 Å². The number of aryl methyl sites for hydroxylation is 1. The van der Waals surface area contributed by atoms with Crippen LogP contribution in [-0.4, -0.2) is 41.9 Å². The number of aromatic nitrogens is 2. The van der Waals surface area contributed by atoms with Crippen molar-refractivity contribution >= 4 is 21.6 Å². The molecule has 0 aliphatic carbocycles. The molecule has 1 aromatic carbocycles. The van der Waals surface area contributed by atoms with E-state index in [1.807, 2.05) is 0 Å². The second-order valence-electron chi connectivity index (χ2n) is 6.72. The number of sulfonamides is 1. The maximum Gasteiger partial charge on any atom is 0.291 e. The number of carbonyl (C=O) groups excluding carboxylic acids is 1. The van der Waals surface area contributed by atoms with E-state index < -0.39 is 15.9 Å². The van der Waals surface area contributed by atoms with Crippen LogP contribution in [0.3, 0.4) is 0 Å². The quantitative estimate of drug-likeness (QED) is 0.679. The first-order valence-corrected chi connectivity index (χ1v) is 10.7. The van der Waals surface area contributed by atoms with Crippen molar-refractivity contribution in [3.05, 3.63) is 48.0 Å². The molecule has 1 saturated heterocycles. The third-order valence-electron chi connectivity index (χ3n) is 4.66. The van der Waals surface area contributed by atoms with Crippen LogP contribution in [0.2, 0.25) is 0 Å². The standard InChI is InChI=1S/C19H20N4O5S/c1-13-20-18(22-28-13)14-7-3-4-8-15(14)21-19(24)16-9-10-17(27-16)29(25,26)23-11-5-2-6-12-23/h3-4,7-10H,2,5-6,11-12H2,1H3,(H,21,24). The van der Waals surface area contributed by atoms with Crippen molar-refractivity contribution in [3.8, 4) is 11.4 Å². The molecule has 1 aliphatic rings. The molecule has 1 aliphatic heterocycles. The minimum atomic E-state index is -3.74. The van der Waals surface area contributed by atoms with Crippen LogP contribution >= 0.6 is 0 Å². The summed E-state index contributed by atoms with van der Waals surface area (Å²) in [4.78, 5) is 16.8. The second kappa shape index (κ2) is 7.80. The van der Waals surface area contributed by atoms with Gasteiger partial charge in [-0.2, -0.15) is 9.29 Å². The van der Waals surface area contributed by atoms with Gasteiger partial charge in [0.2, 0.25) is 16.8 Å². The number of nitrogens with zero attached hydrogens (tertiary/aromatic N) is 3. The lowest BCUT2D eigenvalue weighted by molar-refractivity contribution is 0.0991. The van der Waals surface area contributed by atoms with E-state index in [0.717, 1.165) is 19.3 Å². The van der Waals surface area contributed by atoms with E-state index >= 15 is 0 Å². The molecule has 0 saturated carbocycles. The van der Waals surface area contributed by atoms with Crippen LogP contribution in [0.4, 0.5) is 5.69 Å². The van der Waals surface area contributed by atoms with Gasteiger partial charge in [-0.1, -0.05) is 23.7 Å². The number of benzene rings is 1. The van der Waals surface area contributed by atoms with Gasteiger partial charge in [-0.3, -0.25) is 4.79 Å². The summed E-state index contributed by atoms with van der Waals surface area (Å²) >= 11 is 0. The molecule has 0 bridgehead atoms. The fraction of sp³-hybridized carbons (Fsp3) is 0.316. The summed E-state index contributed by atoms with van der Waals surface area (Å²) < 4.78 is 37.2. The molecule has 152 valence electrons. The second-order valence-corrected chi connectivity index (χ2v) is 8.59. The van der Waals surface area contributed by atoms with Gasteiger partial charge in [0.1, 0.15) is 0 Å². The lowest BCUT2D eigenvalue weighted by atomic mass is 10.1. The van der Waals surface area contributed by atoms with Crippen LogP contribution < -0.4 is 5.32 Å². The van der Waals surface area contributed by atoms with Crippen molar-refractivity contribution in [2.75, 3.05) is 18.4 Å². The summed E-state index contributed by atoms with van der Waals surface area (Å²) in [5.74, 6) is 0.0726. The van der Waals surface area contributed by atoms with Crippen LogP contribution in [0.25, 0.3) is 11.4 Å². The number of hydrogen-bond donors (Lipinski definition) is 1. The lowest BCUT2D eigenvalue weighted by Crippen LogP contribution is -2.35. The van der Waals surface area contributed by atoms with Crippen LogP contribution in [-0.2, 0) is 10.0 Å². The monoisotopic (exact) mass is 416 g/mol. The first-order valence-electron chi connectivity index (χ1n) is 9.26. The predicted octanol–water partition coefficient (Wildman–Crippen LogP) is 3.06.